The zero-order valence-electron chi connectivity index (χ0n) is 20.8. The lowest BCUT2D eigenvalue weighted by molar-refractivity contribution is 0.392. The van der Waals surface area contributed by atoms with E-state index >= 15 is 0 Å². The van der Waals surface area contributed by atoms with Crippen molar-refractivity contribution in [2.45, 2.75) is 54.0 Å². The zero-order chi connectivity index (χ0) is 24.8. The standard InChI is InChI=1S/C24H30N8O2/c1-11(25)9-17(31-24(5,6)7)29-22-19-20-16(28-21(19)26-14(4)27-22)10-15(23(30-20)33-8)18-12(2)32-34-13(18)3/h9-10H,25H2,1-8H3,(H2,26,27,28,29,31). The average Bonchev–Trinajstić information content (AvgIpc) is 3.23. The molecule has 0 aromatic carbocycles. The van der Waals surface area contributed by atoms with Crippen molar-refractivity contribution in [3.05, 3.63) is 35.1 Å². The number of hydrogen-bond donors (Lipinski definition) is 3. The predicted molar refractivity (Wildman–Crippen MR) is 134 cm³/mol. The summed E-state index contributed by atoms with van der Waals surface area (Å²) in [5.41, 5.74) is 10.8. The minimum atomic E-state index is -0.319. The fourth-order valence-electron chi connectivity index (χ4n) is 3.88. The molecule has 0 saturated carbocycles. The average molecular weight is 463 g/mol. The van der Waals surface area contributed by atoms with Gasteiger partial charge in [-0.1, -0.05) is 5.16 Å². The number of methoxy groups -OCH3 is 1. The molecule has 0 amide bonds. The lowest BCUT2D eigenvalue weighted by Gasteiger charge is -2.16. The number of nitrogens with two attached hydrogens (primary N) is 1. The molecule has 34 heavy (non-hydrogen) atoms. The number of ether oxygens (including phenoxy) is 1. The van der Waals surface area contributed by atoms with Crippen molar-refractivity contribution in [2.24, 2.45) is 10.7 Å². The van der Waals surface area contributed by atoms with Crippen molar-refractivity contribution < 1.29 is 9.26 Å². The Morgan fingerprint density at radius 2 is 1.94 bits per heavy atom. The first-order valence-corrected chi connectivity index (χ1v) is 11.0. The molecular formula is C24H30N8O2. The molecule has 0 aliphatic heterocycles. The summed E-state index contributed by atoms with van der Waals surface area (Å²) < 4.78 is 11.0. The molecule has 0 spiro atoms. The fraction of sp³-hybridized carbons (Fsp3) is 0.375. The van der Waals surface area contributed by atoms with Crippen LogP contribution in [0.5, 0.6) is 5.88 Å². The lowest BCUT2D eigenvalue weighted by Crippen LogP contribution is -2.20. The Labute approximate surface area is 197 Å². The minimum absolute atomic E-state index is 0.319. The highest BCUT2D eigenvalue weighted by atomic mass is 16.5. The van der Waals surface area contributed by atoms with E-state index in [-0.39, 0.29) is 5.54 Å². The number of pyridine rings is 1. The Balaban J connectivity index is 1.97. The summed E-state index contributed by atoms with van der Waals surface area (Å²) in [7, 11) is 1.59. The monoisotopic (exact) mass is 462 g/mol. The highest BCUT2D eigenvalue weighted by Gasteiger charge is 2.22. The third-order valence-electron chi connectivity index (χ3n) is 5.06. The van der Waals surface area contributed by atoms with Gasteiger partial charge in [-0.3, -0.25) is 4.99 Å². The second-order valence-electron chi connectivity index (χ2n) is 9.29. The van der Waals surface area contributed by atoms with Crippen LogP contribution in [0.1, 0.15) is 45.0 Å². The van der Waals surface area contributed by atoms with Crippen LogP contribution in [-0.4, -0.2) is 43.6 Å². The first-order valence-electron chi connectivity index (χ1n) is 11.0. The molecule has 10 heteroatoms. The van der Waals surface area contributed by atoms with Crippen LogP contribution in [0.15, 0.2) is 27.4 Å². The van der Waals surface area contributed by atoms with Gasteiger partial charge in [0.25, 0.3) is 0 Å². The molecule has 4 aromatic rings. The van der Waals surface area contributed by atoms with E-state index in [1.807, 2.05) is 54.5 Å². The van der Waals surface area contributed by atoms with Crippen molar-refractivity contribution in [1.82, 2.24) is 25.1 Å². The number of aryl methyl sites for hydroxylation is 3. The largest absolute Gasteiger partial charge is 0.481 e. The quantitative estimate of drug-likeness (QED) is 0.296. The summed E-state index contributed by atoms with van der Waals surface area (Å²) >= 11 is 0. The summed E-state index contributed by atoms with van der Waals surface area (Å²) in [4.78, 5) is 22.2. The molecule has 178 valence electrons. The van der Waals surface area contributed by atoms with Gasteiger partial charge in [-0.15, -0.1) is 0 Å². The first-order chi connectivity index (χ1) is 16.0. The first kappa shape index (κ1) is 23.2. The van der Waals surface area contributed by atoms with E-state index < -0.39 is 0 Å². The summed E-state index contributed by atoms with van der Waals surface area (Å²) in [6, 6.07) is 1.97. The van der Waals surface area contributed by atoms with Crippen LogP contribution in [0.25, 0.3) is 33.2 Å². The number of hydrogen-bond acceptors (Lipinski definition) is 8. The van der Waals surface area contributed by atoms with Gasteiger partial charge in [-0.25, -0.2) is 15.0 Å². The Morgan fingerprint density at radius 1 is 1.21 bits per heavy atom. The van der Waals surface area contributed by atoms with Gasteiger partial charge < -0.3 is 25.3 Å². The number of aromatic amines is 1. The van der Waals surface area contributed by atoms with Crippen LogP contribution in [-0.2, 0) is 0 Å². The van der Waals surface area contributed by atoms with Gasteiger partial charge in [0.15, 0.2) is 0 Å². The molecule has 4 rings (SSSR count). The summed E-state index contributed by atoms with van der Waals surface area (Å²) in [6.07, 6.45) is 1.78. The molecule has 0 fully saturated rings. The molecule has 10 nitrogen and oxygen atoms in total. The molecular weight excluding hydrogens is 432 g/mol. The van der Waals surface area contributed by atoms with E-state index in [4.69, 9.17) is 25.0 Å². The topological polar surface area (TPSA) is 140 Å². The van der Waals surface area contributed by atoms with Crippen LogP contribution < -0.4 is 15.8 Å². The normalized spacial score (nSPS) is 13.2. The van der Waals surface area contributed by atoms with Crippen molar-refractivity contribution in [3.8, 4) is 17.0 Å². The van der Waals surface area contributed by atoms with E-state index in [2.05, 4.69) is 25.4 Å². The Hall–Kier alpha value is -3.95. The summed E-state index contributed by atoms with van der Waals surface area (Å²) in [5, 5.41) is 8.15. The molecule has 0 radical (unpaired) electrons. The van der Waals surface area contributed by atoms with E-state index in [0.717, 1.165) is 27.7 Å². The van der Waals surface area contributed by atoms with Crippen LogP contribution >= 0.6 is 0 Å². The predicted octanol–water partition coefficient (Wildman–Crippen LogP) is 4.57. The van der Waals surface area contributed by atoms with Gasteiger partial charge in [-0.05, 0) is 60.6 Å². The number of aromatic nitrogens is 5. The van der Waals surface area contributed by atoms with Crippen molar-refractivity contribution in [2.75, 3.05) is 12.4 Å². The molecule has 0 unspecified atom stereocenters. The SMILES string of the molecule is COc1nc2c(cc1-c1c(C)noc1C)[nH]c1nc(C)nc(NC(C=C(C)N)=NC(C)(C)C)c12. The van der Waals surface area contributed by atoms with Crippen LogP contribution in [0, 0.1) is 20.8 Å². The van der Waals surface area contributed by atoms with E-state index in [0.29, 0.717) is 46.0 Å². The van der Waals surface area contributed by atoms with Gasteiger partial charge >= 0.3 is 0 Å². The van der Waals surface area contributed by atoms with Crippen LogP contribution in [0.3, 0.4) is 0 Å². The molecule has 0 aliphatic rings. The van der Waals surface area contributed by atoms with E-state index in [9.17, 15) is 0 Å². The van der Waals surface area contributed by atoms with Gasteiger partial charge in [0.2, 0.25) is 5.88 Å². The van der Waals surface area contributed by atoms with Gasteiger partial charge in [-0.2, -0.15) is 0 Å². The van der Waals surface area contributed by atoms with Gasteiger partial charge in [0.05, 0.1) is 40.4 Å². The molecule has 0 bridgehead atoms. The van der Waals surface area contributed by atoms with Crippen molar-refractivity contribution in [1.29, 1.82) is 0 Å². The fourth-order valence-corrected chi connectivity index (χ4v) is 3.88. The van der Waals surface area contributed by atoms with E-state index in [1.165, 1.54) is 0 Å². The number of nitrogens with one attached hydrogen (secondary N) is 2. The maximum absolute atomic E-state index is 5.96. The maximum atomic E-state index is 5.96. The summed E-state index contributed by atoms with van der Waals surface area (Å²) in [5.74, 6) is 2.92. The summed E-state index contributed by atoms with van der Waals surface area (Å²) in [6.45, 7) is 13.5. The van der Waals surface area contributed by atoms with E-state index in [1.54, 1.807) is 13.2 Å². The third-order valence-corrected chi connectivity index (χ3v) is 5.06. The van der Waals surface area contributed by atoms with Gasteiger partial charge in [0, 0.05) is 5.70 Å². The maximum Gasteiger partial charge on any atom is 0.221 e. The Morgan fingerprint density at radius 3 is 2.53 bits per heavy atom. The Bertz CT molecular complexity index is 1430. The molecule has 0 aliphatic carbocycles. The van der Waals surface area contributed by atoms with Crippen LogP contribution in [0.2, 0.25) is 0 Å². The Kier molecular flexibility index (Phi) is 5.76. The number of nitrogens with zero attached hydrogens (tertiary/aromatic N) is 5. The molecule has 0 atom stereocenters. The smallest absolute Gasteiger partial charge is 0.221 e. The lowest BCUT2D eigenvalue weighted by atomic mass is 10.0. The molecule has 0 saturated heterocycles. The second-order valence-corrected chi connectivity index (χ2v) is 9.29. The number of amidine groups is 1. The molecule has 4 N–H and O–H groups in total. The second kappa shape index (κ2) is 8.44. The third kappa shape index (κ3) is 4.43. The molecule has 4 heterocycles. The number of allylic oxidation sites excluding steroid dienone is 1. The molecule has 4 aromatic heterocycles. The number of anilines is 1. The van der Waals surface area contributed by atoms with Crippen LogP contribution in [0.4, 0.5) is 5.82 Å². The zero-order valence-corrected chi connectivity index (χ0v) is 20.8. The number of aliphatic imine (C=N–C) groups is 1. The van der Waals surface area contributed by atoms with Crippen molar-refractivity contribution in [3.63, 3.8) is 0 Å². The van der Waals surface area contributed by atoms with Gasteiger partial charge in [0.1, 0.15) is 34.4 Å². The number of H-pyrrole nitrogens is 1. The highest BCUT2D eigenvalue weighted by molar-refractivity contribution is 6.15. The van der Waals surface area contributed by atoms with Crippen molar-refractivity contribution >= 4 is 33.7 Å². The minimum Gasteiger partial charge on any atom is -0.481 e. The number of rotatable bonds is 4. The highest BCUT2D eigenvalue weighted by Crippen LogP contribution is 2.38. The number of fused-ring (bicyclic) bond motifs is 3.